The molecule has 2 saturated carbocycles. The van der Waals surface area contributed by atoms with E-state index in [4.69, 9.17) is 23.2 Å². The number of amides is 1. The van der Waals surface area contributed by atoms with Gasteiger partial charge >= 0.3 is 5.97 Å². The predicted octanol–water partition coefficient (Wildman–Crippen LogP) is 5.39. The molecule has 0 radical (unpaired) electrons. The molecule has 5 rings (SSSR count). The Kier molecular flexibility index (Phi) is 7.08. The van der Waals surface area contributed by atoms with Crippen LogP contribution in [0.15, 0.2) is 48.5 Å². The van der Waals surface area contributed by atoms with Gasteiger partial charge in [-0.25, -0.2) is 13.1 Å². The van der Waals surface area contributed by atoms with Crippen LogP contribution < -0.4 is 4.72 Å². The van der Waals surface area contributed by atoms with Crippen molar-refractivity contribution in [2.75, 3.05) is 6.54 Å². The molecule has 1 spiro atoms. The summed E-state index contributed by atoms with van der Waals surface area (Å²) in [6.07, 6.45) is 2.34. The van der Waals surface area contributed by atoms with Gasteiger partial charge in [0.2, 0.25) is 15.9 Å². The first-order valence-corrected chi connectivity index (χ1v) is 15.2. The number of benzene rings is 2. The van der Waals surface area contributed by atoms with Crippen LogP contribution in [0.1, 0.15) is 69.0 Å². The molecule has 3 fully saturated rings. The first-order valence-electron chi connectivity index (χ1n) is 13.0. The molecule has 1 aliphatic heterocycles. The molecule has 1 amide bonds. The van der Waals surface area contributed by atoms with E-state index in [1.807, 2.05) is 37.3 Å². The summed E-state index contributed by atoms with van der Waals surface area (Å²) < 4.78 is 27.9. The van der Waals surface area contributed by atoms with Gasteiger partial charge in [0, 0.05) is 28.5 Å². The number of hydrogen-bond donors (Lipinski definition) is 2. The van der Waals surface area contributed by atoms with Crippen molar-refractivity contribution in [2.24, 2.45) is 11.3 Å². The van der Waals surface area contributed by atoms with Gasteiger partial charge in [0.15, 0.2) is 0 Å². The highest BCUT2D eigenvalue weighted by molar-refractivity contribution is 7.91. The predicted molar refractivity (Wildman–Crippen MR) is 147 cm³/mol. The number of hydrogen-bond acceptors (Lipinski definition) is 4. The van der Waals surface area contributed by atoms with Crippen LogP contribution in [-0.2, 0) is 19.6 Å². The summed E-state index contributed by atoms with van der Waals surface area (Å²) in [4.78, 5) is 28.1. The van der Waals surface area contributed by atoms with E-state index in [1.54, 1.807) is 30.0 Å². The van der Waals surface area contributed by atoms with Crippen LogP contribution in [0.5, 0.6) is 0 Å². The summed E-state index contributed by atoms with van der Waals surface area (Å²) in [5.41, 5.74) is 0.730. The lowest BCUT2D eigenvalue weighted by molar-refractivity contribution is -0.153. The van der Waals surface area contributed by atoms with Gasteiger partial charge in [-0.2, -0.15) is 0 Å². The minimum Gasteiger partial charge on any atom is -0.481 e. The number of sulfonamides is 1. The van der Waals surface area contributed by atoms with E-state index in [1.165, 1.54) is 0 Å². The smallest absolute Gasteiger partial charge is 0.307 e. The van der Waals surface area contributed by atoms with Gasteiger partial charge in [0.25, 0.3) is 0 Å². The van der Waals surface area contributed by atoms with Crippen molar-refractivity contribution in [2.45, 2.75) is 68.7 Å². The quantitative estimate of drug-likeness (QED) is 0.415. The first kappa shape index (κ1) is 27.4. The summed E-state index contributed by atoms with van der Waals surface area (Å²) in [7, 11) is -3.56. The number of nitrogens with one attached hydrogen (secondary N) is 1. The zero-order chi connectivity index (χ0) is 27.5. The fraction of sp³-hybridized carbons (Fsp3) is 0.500. The first-order chi connectivity index (χ1) is 17.9. The van der Waals surface area contributed by atoms with Crippen LogP contribution in [0.2, 0.25) is 10.0 Å². The molecule has 2 aliphatic carbocycles. The molecule has 5 atom stereocenters. The lowest BCUT2D eigenvalue weighted by Crippen LogP contribution is -2.56. The van der Waals surface area contributed by atoms with Crippen LogP contribution >= 0.6 is 23.2 Å². The van der Waals surface area contributed by atoms with Crippen molar-refractivity contribution in [1.29, 1.82) is 0 Å². The summed E-state index contributed by atoms with van der Waals surface area (Å²) in [6.45, 7) is 3.70. The maximum absolute atomic E-state index is 14.3. The molecular formula is C28H32Cl2N2O5S. The highest BCUT2D eigenvalue weighted by Crippen LogP contribution is 2.65. The number of carbonyl (C=O) groups is 2. The van der Waals surface area contributed by atoms with Gasteiger partial charge in [0.05, 0.1) is 22.1 Å². The number of likely N-dealkylation sites (tertiary alicyclic amines) is 1. The Morgan fingerprint density at radius 1 is 1.11 bits per heavy atom. The van der Waals surface area contributed by atoms with E-state index < -0.39 is 44.2 Å². The summed E-state index contributed by atoms with van der Waals surface area (Å²) in [5, 5.41) is 11.0. The Labute approximate surface area is 233 Å². The molecule has 7 nitrogen and oxygen atoms in total. The van der Waals surface area contributed by atoms with E-state index in [0.717, 1.165) is 11.1 Å². The van der Waals surface area contributed by atoms with Gasteiger partial charge < -0.3 is 10.0 Å². The van der Waals surface area contributed by atoms with Gasteiger partial charge in [0.1, 0.15) is 0 Å². The molecule has 1 saturated heterocycles. The second-order valence-electron chi connectivity index (χ2n) is 11.2. The van der Waals surface area contributed by atoms with Crippen LogP contribution in [0.3, 0.4) is 0 Å². The molecule has 2 aromatic rings. The van der Waals surface area contributed by atoms with Crippen LogP contribution in [0.25, 0.3) is 0 Å². The summed E-state index contributed by atoms with van der Waals surface area (Å²) in [6, 6.07) is 13.8. The largest absolute Gasteiger partial charge is 0.481 e. The Morgan fingerprint density at radius 3 is 2.34 bits per heavy atom. The fourth-order valence-corrected chi connectivity index (χ4v) is 7.73. The lowest BCUT2D eigenvalue weighted by Gasteiger charge is -2.49. The van der Waals surface area contributed by atoms with Crippen LogP contribution in [-0.4, -0.2) is 47.6 Å². The average molecular weight is 580 g/mol. The zero-order valence-electron chi connectivity index (χ0n) is 21.4. The SMILES string of the molecule is CC[C@@H](CNS(=O)(=O)C1(C)CC1)N1C(=O)[C@@]2(C[C@H](c3cccc(Cl)c3)[C@H]1c1ccc(Cl)cc1)C[C@H]2C(=O)O. The number of aliphatic carboxylic acids is 1. The molecule has 0 unspecified atom stereocenters. The highest BCUT2D eigenvalue weighted by atomic mass is 35.5. The van der Waals surface area contributed by atoms with Crippen molar-refractivity contribution in [3.05, 3.63) is 69.7 Å². The third-order valence-electron chi connectivity index (χ3n) is 8.76. The molecule has 10 heteroatoms. The molecule has 204 valence electrons. The zero-order valence-corrected chi connectivity index (χ0v) is 23.7. The molecular weight excluding hydrogens is 547 g/mol. The Hall–Kier alpha value is -2.13. The number of carboxylic acids is 1. The number of nitrogens with zero attached hydrogens (tertiary/aromatic N) is 1. The van der Waals surface area contributed by atoms with Gasteiger partial charge in [-0.1, -0.05) is 54.4 Å². The normalized spacial score (nSPS) is 28.8. The average Bonchev–Trinajstić information content (AvgIpc) is 3.79. The van der Waals surface area contributed by atoms with Gasteiger partial charge in [-0.05, 0) is 74.4 Å². The topological polar surface area (TPSA) is 104 Å². The van der Waals surface area contributed by atoms with Crippen molar-refractivity contribution in [3.63, 3.8) is 0 Å². The number of carbonyl (C=O) groups excluding carboxylic acids is 1. The van der Waals surface area contributed by atoms with Gasteiger partial charge in [-0.3, -0.25) is 9.59 Å². The number of halogens is 2. The second kappa shape index (κ2) is 9.81. The molecule has 2 aromatic carbocycles. The van der Waals surface area contributed by atoms with E-state index in [0.29, 0.717) is 35.7 Å². The monoisotopic (exact) mass is 578 g/mol. The minimum atomic E-state index is -3.56. The van der Waals surface area contributed by atoms with Crippen molar-refractivity contribution in [1.82, 2.24) is 9.62 Å². The van der Waals surface area contributed by atoms with E-state index in [2.05, 4.69) is 4.72 Å². The van der Waals surface area contributed by atoms with E-state index >= 15 is 0 Å². The molecule has 3 aliphatic rings. The van der Waals surface area contributed by atoms with Crippen molar-refractivity contribution >= 4 is 45.1 Å². The number of rotatable bonds is 9. The third-order valence-corrected chi connectivity index (χ3v) is 11.5. The molecule has 38 heavy (non-hydrogen) atoms. The molecule has 0 aromatic heterocycles. The fourth-order valence-electron chi connectivity index (χ4n) is 6.01. The maximum atomic E-state index is 14.3. The Bertz CT molecular complexity index is 1360. The van der Waals surface area contributed by atoms with Gasteiger partial charge in [-0.15, -0.1) is 0 Å². The Balaban J connectivity index is 1.60. The maximum Gasteiger partial charge on any atom is 0.307 e. The number of carboxylic acid groups (broad SMARTS) is 1. The van der Waals surface area contributed by atoms with E-state index in [-0.39, 0.29) is 24.8 Å². The standard InChI is InChI=1S/C28H32Cl2N2O5S/c1-3-21(16-31-38(36,37)27(2)11-12-27)32-24(17-7-9-19(29)10-8-17)22(18-5-4-6-20(30)13-18)14-28(26(32)35)15-23(28)25(33)34/h4-10,13,21-24,31H,3,11-12,14-16H2,1-2H3,(H,33,34)/t21-,22+,23-,24+,28-/m0/s1. The molecule has 1 heterocycles. The second-order valence-corrected chi connectivity index (χ2v) is 14.3. The number of piperidine rings is 1. The van der Waals surface area contributed by atoms with E-state index in [9.17, 15) is 23.1 Å². The van der Waals surface area contributed by atoms with Crippen molar-refractivity contribution < 1.29 is 23.1 Å². The van der Waals surface area contributed by atoms with Crippen LogP contribution in [0.4, 0.5) is 0 Å². The highest BCUT2D eigenvalue weighted by Gasteiger charge is 2.69. The Morgan fingerprint density at radius 2 is 1.79 bits per heavy atom. The lowest BCUT2D eigenvalue weighted by atomic mass is 9.72. The van der Waals surface area contributed by atoms with Crippen molar-refractivity contribution in [3.8, 4) is 0 Å². The molecule has 0 bridgehead atoms. The van der Waals surface area contributed by atoms with Crippen LogP contribution in [0, 0.1) is 11.3 Å². The summed E-state index contributed by atoms with van der Waals surface area (Å²) in [5.74, 6) is -2.23. The summed E-state index contributed by atoms with van der Waals surface area (Å²) >= 11 is 12.6. The molecule has 2 N–H and O–H groups in total. The third kappa shape index (κ3) is 4.74. The minimum absolute atomic E-state index is 0.0559.